The predicted molar refractivity (Wildman–Crippen MR) is 92.1 cm³/mol. The SMILES string of the molecule is C=CCCCCCCCCCC1=NC=C[N+]1(CC(=O)[O-])C(C)N. The molecule has 0 aromatic heterocycles. The van der Waals surface area contributed by atoms with E-state index in [0.717, 1.165) is 31.5 Å². The molecule has 1 heterocycles. The van der Waals surface area contributed by atoms with Gasteiger partial charge < -0.3 is 9.90 Å². The van der Waals surface area contributed by atoms with Crippen LogP contribution in [0.2, 0.25) is 0 Å². The highest BCUT2D eigenvalue weighted by molar-refractivity contribution is 5.81. The highest BCUT2D eigenvalue weighted by atomic mass is 16.4. The van der Waals surface area contributed by atoms with Crippen LogP contribution in [-0.4, -0.2) is 29.0 Å². The van der Waals surface area contributed by atoms with Crippen LogP contribution in [0.4, 0.5) is 0 Å². The van der Waals surface area contributed by atoms with Crippen LogP contribution in [0, 0.1) is 0 Å². The fourth-order valence-corrected chi connectivity index (χ4v) is 3.03. The normalized spacial score (nSPS) is 21.2. The summed E-state index contributed by atoms with van der Waals surface area (Å²) >= 11 is 0. The molecule has 2 atom stereocenters. The molecule has 2 unspecified atom stereocenters. The van der Waals surface area contributed by atoms with Gasteiger partial charge in [0.15, 0.2) is 0 Å². The molecule has 0 aromatic carbocycles. The lowest BCUT2D eigenvalue weighted by molar-refractivity contribution is -0.808. The van der Waals surface area contributed by atoms with Crippen molar-refractivity contribution in [1.29, 1.82) is 0 Å². The van der Waals surface area contributed by atoms with Gasteiger partial charge in [-0.25, -0.2) is 9.48 Å². The lowest BCUT2D eigenvalue weighted by Crippen LogP contribution is -2.60. The fraction of sp³-hybridized carbons (Fsp3) is 0.667. The van der Waals surface area contributed by atoms with E-state index < -0.39 is 5.97 Å². The van der Waals surface area contributed by atoms with Gasteiger partial charge in [0.1, 0.15) is 18.9 Å². The molecule has 5 heteroatoms. The van der Waals surface area contributed by atoms with Crippen LogP contribution in [0.15, 0.2) is 30.0 Å². The number of hydrogen-bond acceptors (Lipinski definition) is 4. The summed E-state index contributed by atoms with van der Waals surface area (Å²) in [5, 5.41) is 11.1. The maximum absolute atomic E-state index is 11.1. The van der Waals surface area contributed by atoms with Gasteiger partial charge in [-0.05, 0) is 19.3 Å². The van der Waals surface area contributed by atoms with Gasteiger partial charge in [0, 0.05) is 13.3 Å². The van der Waals surface area contributed by atoms with Crippen molar-refractivity contribution < 1.29 is 14.4 Å². The zero-order valence-corrected chi connectivity index (χ0v) is 14.4. The molecule has 0 saturated carbocycles. The number of carboxylic acid groups (broad SMARTS) is 1. The van der Waals surface area contributed by atoms with Crippen molar-refractivity contribution in [3.63, 3.8) is 0 Å². The molecular formula is C18H31N3O2. The first kappa shape index (κ1) is 19.6. The molecule has 1 aliphatic rings. The zero-order valence-electron chi connectivity index (χ0n) is 14.4. The standard InChI is InChI=1S/C18H31N3O2/c1-3-4-5-6-7-8-9-10-11-12-17-20-13-14-21(17,16(2)19)15-18(22)23/h3,13-14,16H,1,4-12,15,19H2,2H3. The van der Waals surface area contributed by atoms with E-state index in [1.165, 1.54) is 32.1 Å². The molecule has 0 spiro atoms. The monoisotopic (exact) mass is 321 g/mol. The van der Waals surface area contributed by atoms with Gasteiger partial charge in [-0.3, -0.25) is 5.73 Å². The first-order valence-corrected chi connectivity index (χ1v) is 8.71. The van der Waals surface area contributed by atoms with E-state index in [1.807, 2.05) is 13.0 Å². The molecule has 0 aliphatic carbocycles. The molecule has 130 valence electrons. The van der Waals surface area contributed by atoms with Gasteiger partial charge >= 0.3 is 0 Å². The molecule has 23 heavy (non-hydrogen) atoms. The molecule has 1 rings (SSSR count). The molecule has 0 fully saturated rings. The number of aliphatic carboxylic acids is 1. The van der Waals surface area contributed by atoms with Gasteiger partial charge in [-0.15, -0.1) is 6.58 Å². The van der Waals surface area contributed by atoms with E-state index in [9.17, 15) is 9.90 Å². The van der Waals surface area contributed by atoms with Crippen LogP contribution in [0.1, 0.15) is 64.7 Å². The first-order valence-electron chi connectivity index (χ1n) is 8.71. The number of rotatable bonds is 13. The Morgan fingerprint density at radius 3 is 2.48 bits per heavy atom. The lowest BCUT2D eigenvalue weighted by atomic mass is 10.1. The average Bonchev–Trinajstić information content (AvgIpc) is 2.89. The van der Waals surface area contributed by atoms with Gasteiger partial charge in [0.2, 0.25) is 5.84 Å². The van der Waals surface area contributed by atoms with Crippen molar-refractivity contribution in [2.75, 3.05) is 6.54 Å². The molecular weight excluding hydrogens is 290 g/mol. The molecule has 0 aromatic rings. The number of carboxylic acids is 1. The van der Waals surface area contributed by atoms with Crippen molar-refractivity contribution in [3.8, 4) is 0 Å². The molecule has 0 saturated heterocycles. The van der Waals surface area contributed by atoms with Crippen molar-refractivity contribution in [3.05, 3.63) is 25.1 Å². The Balaban J connectivity index is 2.28. The third-order valence-corrected chi connectivity index (χ3v) is 4.46. The van der Waals surface area contributed by atoms with Gasteiger partial charge in [-0.2, -0.15) is 0 Å². The number of quaternary nitrogens is 1. The molecule has 0 bridgehead atoms. The number of amidine groups is 1. The van der Waals surface area contributed by atoms with E-state index in [1.54, 1.807) is 12.4 Å². The summed E-state index contributed by atoms with van der Waals surface area (Å²) in [5.74, 6) is -0.253. The second-order valence-electron chi connectivity index (χ2n) is 6.35. The minimum Gasteiger partial charge on any atom is -0.544 e. The number of carbonyl (C=O) groups is 1. The average molecular weight is 321 g/mol. The Labute approximate surface area is 140 Å². The van der Waals surface area contributed by atoms with Crippen LogP contribution in [-0.2, 0) is 4.79 Å². The quantitative estimate of drug-likeness (QED) is 0.321. The Hall–Kier alpha value is -1.46. The van der Waals surface area contributed by atoms with Crippen LogP contribution in [0.25, 0.3) is 0 Å². The summed E-state index contributed by atoms with van der Waals surface area (Å²) in [6, 6.07) is 0. The third-order valence-electron chi connectivity index (χ3n) is 4.46. The number of carbonyl (C=O) groups excluding carboxylic acids is 1. The van der Waals surface area contributed by atoms with E-state index >= 15 is 0 Å². The maximum atomic E-state index is 11.1. The maximum Gasteiger partial charge on any atom is 0.209 e. The van der Waals surface area contributed by atoms with Crippen molar-refractivity contribution in [1.82, 2.24) is 0 Å². The van der Waals surface area contributed by atoms with E-state index in [-0.39, 0.29) is 17.2 Å². The van der Waals surface area contributed by atoms with Crippen molar-refractivity contribution in [2.24, 2.45) is 10.7 Å². The lowest BCUT2D eigenvalue weighted by Gasteiger charge is -2.36. The highest BCUT2D eigenvalue weighted by Gasteiger charge is 2.38. The summed E-state index contributed by atoms with van der Waals surface area (Å²) in [4.78, 5) is 15.4. The smallest absolute Gasteiger partial charge is 0.209 e. The topological polar surface area (TPSA) is 78.5 Å². The summed E-state index contributed by atoms with van der Waals surface area (Å²) < 4.78 is 0.101. The molecule has 0 radical (unpaired) electrons. The van der Waals surface area contributed by atoms with E-state index in [0.29, 0.717) is 0 Å². The molecule has 5 nitrogen and oxygen atoms in total. The Bertz CT molecular complexity index is 444. The summed E-state index contributed by atoms with van der Waals surface area (Å²) in [6.45, 7) is 5.41. The van der Waals surface area contributed by atoms with Gasteiger partial charge in [-0.1, -0.05) is 38.2 Å². The fourth-order valence-electron chi connectivity index (χ4n) is 3.03. The minimum atomic E-state index is -1.10. The van der Waals surface area contributed by atoms with E-state index in [2.05, 4.69) is 11.6 Å². The van der Waals surface area contributed by atoms with Crippen molar-refractivity contribution in [2.45, 2.75) is 70.9 Å². The van der Waals surface area contributed by atoms with Crippen molar-refractivity contribution >= 4 is 11.8 Å². The van der Waals surface area contributed by atoms with Crippen LogP contribution in [0.5, 0.6) is 0 Å². The second-order valence-corrected chi connectivity index (χ2v) is 6.35. The number of unbranched alkanes of at least 4 members (excludes halogenated alkanes) is 7. The first-order chi connectivity index (χ1) is 11.0. The van der Waals surface area contributed by atoms with Crippen LogP contribution >= 0.6 is 0 Å². The zero-order chi connectivity index (χ0) is 17.1. The van der Waals surface area contributed by atoms with Gasteiger partial charge in [0.25, 0.3) is 0 Å². The largest absolute Gasteiger partial charge is 0.544 e. The van der Waals surface area contributed by atoms with E-state index in [4.69, 9.17) is 5.73 Å². The number of allylic oxidation sites excluding steroid dienone is 1. The summed E-state index contributed by atoms with van der Waals surface area (Å²) in [5.41, 5.74) is 6.02. The van der Waals surface area contributed by atoms with Gasteiger partial charge in [0.05, 0.1) is 12.2 Å². The molecule has 0 amide bonds. The Morgan fingerprint density at radius 2 is 1.91 bits per heavy atom. The molecule has 2 N–H and O–H groups in total. The number of nitrogens with two attached hydrogens (primary N) is 1. The third kappa shape index (κ3) is 6.28. The predicted octanol–water partition coefficient (Wildman–Crippen LogP) is 2.44. The Morgan fingerprint density at radius 1 is 1.30 bits per heavy atom. The number of aliphatic imine (C=N–C) groups is 1. The number of hydrogen-bond donors (Lipinski definition) is 1. The number of nitrogens with zero attached hydrogens (tertiary/aromatic N) is 2. The minimum absolute atomic E-state index is 0.101. The summed E-state index contributed by atoms with van der Waals surface area (Å²) in [6.07, 6.45) is 15.4. The molecule has 1 aliphatic heterocycles. The van der Waals surface area contributed by atoms with Crippen LogP contribution in [0.3, 0.4) is 0 Å². The summed E-state index contributed by atoms with van der Waals surface area (Å²) in [7, 11) is 0. The Kier molecular flexibility index (Phi) is 8.81. The van der Waals surface area contributed by atoms with Crippen LogP contribution < -0.4 is 10.8 Å². The second kappa shape index (κ2) is 10.3. The highest BCUT2D eigenvalue weighted by Crippen LogP contribution is 2.23.